The van der Waals surface area contributed by atoms with Gasteiger partial charge in [-0.15, -0.1) is 0 Å². The van der Waals surface area contributed by atoms with Crippen molar-refractivity contribution in [3.8, 4) is 0 Å². The Morgan fingerprint density at radius 3 is 2.52 bits per heavy atom. The maximum atomic E-state index is 13.7. The fraction of sp³-hybridized carbons (Fsp3) is 0.538. The highest BCUT2D eigenvalue weighted by Gasteiger charge is 2.38. The quantitative estimate of drug-likeness (QED) is 0.884. The number of aliphatic hydroxyl groups excluding tert-OH is 2. The Hall–Kier alpha value is -1.12. The SMILES string of the molecule is CS(=O)(=O)c1ccc([C@@H](O)CC(F)F)c2c1[C@H](O)[C@H](F)C2. The molecule has 21 heavy (non-hydrogen) atoms. The highest BCUT2D eigenvalue weighted by atomic mass is 32.2. The van der Waals surface area contributed by atoms with E-state index < -0.39 is 41.1 Å². The van der Waals surface area contributed by atoms with Crippen molar-refractivity contribution < 1.29 is 31.8 Å². The van der Waals surface area contributed by atoms with Crippen molar-refractivity contribution in [3.63, 3.8) is 0 Å². The molecule has 0 heterocycles. The second-order valence-electron chi connectivity index (χ2n) is 5.12. The molecule has 0 bridgehead atoms. The lowest BCUT2D eigenvalue weighted by atomic mass is 9.97. The molecule has 1 aliphatic rings. The van der Waals surface area contributed by atoms with Gasteiger partial charge in [0.25, 0.3) is 0 Å². The minimum Gasteiger partial charge on any atom is -0.388 e. The molecule has 0 radical (unpaired) electrons. The number of benzene rings is 1. The van der Waals surface area contributed by atoms with Crippen molar-refractivity contribution in [3.05, 3.63) is 28.8 Å². The van der Waals surface area contributed by atoms with Gasteiger partial charge in [0, 0.05) is 24.7 Å². The van der Waals surface area contributed by atoms with E-state index in [4.69, 9.17) is 0 Å². The van der Waals surface area contributed by atoms with Crippen LogP contribution in [0.3, 0.4) is 0 Å². The molecule has 8 heteroatoms. The van der Waals surface area contributed by atoms with Crippen LogP contribution in [0.4, 0.5) is 13.2 Å². The van der Waals surface area contributed by atoms with Gasteiger partial charge in [-0.2, -0.15) is 0 Å². The van der Waals surface area contributed by atoms with Crippen LogP contribution in [0, 0.1) is 0 Å². The molecule has 1 aliphatic carbocycles. The lowest BCUT2D eigenvalue weighted by molar-refractivity contribution is 0.0606. The molecule has 4 nitrogen and oxygen atoms in total. The molecule has 0 aliphatic heterocycles. The van der Waals surface area contributed by atoms with E-state index >= 15 is 0 Å². The van der Waals surface area contributed by atoms with Gasteiger partial charge >= 0.3 is 0 Å². The minimum atomic E-state index is -3.71. The number of hydrogen-bond donors (Lipinski definition) is 2. The van der Waals surface area contributed by atoms with Gasteiger partial charge in [0.15, 0.2) is 9.84 Å². The zero-order chi connectivity index (χ0) is 15.9. The molecular formula is C13H15F3O4S. The molecule has 0 amide bonds. The summed E-state index contributed by atoms with van der Waals surface area (Å²) in [4.78, 5) is -0.238. The van der Waals surface area contributed by atoms with E-state index in [9.17, 15) is 31.8 Å². The van der Waals surface area contributed by atoms with E-state index in [0.717, 1.165) is 12.3 Å². The third-order valence-electron chi connectivity index (χ3n) is 3.55. The lowest BCUT2D eigenvalue weighted by Gasteiger charge is -2.17. The molecule has 118 valence electrons. The second kappa shape index (κ2) is 5.58. The zero-order valence-electron chi connectivity index (χ0n) is 11.1. The largest absolute Gasteiger partial charge is 0.388 e. The van der Waals surface area contributed by atoms with Crippen LogP contribution in [0.5, 0.6) is 0 Å². The molecule has 0 fully saturated rings. The van der Waals surface area contributed by atoms with Gasteiger partial charge in [-0.05, 0) is 17.2 Å². The molecule has 2 rings (SSSR count). The summed E-state index contributed by atoms with van der Waals surface area (Å²) in [6.45, 7) is 0. The number of rotatable bonds is 4. The molecular weight excluding hydrogens is 309 g/mol. The first-order chi connectivity index (χ1) is 9.62. The predicted octanol–water partition coefficient (Wildman–Crippen LogP) is 1.71. The first kappa shape index (κ1) is 16.3. The molecule has 1 aromatic rings. The van der Waals surface area contributed by atoms with Crippen LogP contribution in [-0.4, -0.2) is 37.5 Å². The Morgan fingerprint density at radius 1 is 1.38 bits per heavy atom. The van der Waals surface area contributed by atoms with Gasteiger partial charge in [-0.3, -0.25) is 0 Å². The van der Waals surface area contributed by atoms with Crippen molar-refractivity contribution in [2.75, 3.05) is 6.26 Å². The molecule has 0 aromatic heterocycles. The monoisotopic (exact) mass is 324 g/mol. The van der Waals surface area contributed by atoms with Gasteiger partial charge in [0.1, 0.15) is 12.3 Å². The number of aliphatic hydroxyl groups is 2. The number of hydrogen-bond acceptors (Lipinski definition) is 4. The maximum absolute atomic E-state index is 13.7. The third-order valence-corrected chi connectivity index (χ3v) is 4.71. The predicted molar refractivity (Wildman–Crippen MR) is 68.7 cm³/mol. The zero-order valence-corrected chi connectivity index (χ0v) is 11.9. The smallest absolute Gasteiger partial charge is 0.241 e. The summed E-state index contributed by atoms with van der Waals surface area (Å²) >= 11 is 0. The van der Waals surface area contributed by atoms with E-state index in [1.54, 1.807) is 0 Å². The highest BCUT2D eigenvalue weighted by molar-refractivity contribution is 7.90. The molecule has 3 atom stereocenters. The van der Waals surface area contributed by atoms with Crippen molar-refractivity contribution >= 4 is 9.84 Å². The first-order valence-corrected chi connectivity index (χ1v) is 8.16. The number of sulfone groups is 1. The van der Waals surface area contributed by atoms with E-state index in [1.165, 1.54) is 6.07 Å². The van der Waals surface area contributed by atoms with Gasteiger partial charge in [0.2, 0.25) is 6.43 Å². The Balaban J connectivity index is 2.59. The second-order valence-corrected chi connectivity index (χ2v) is 7.11. The van der Waals surface area contributed by atoms with Crippen LogP contribution >= 0.6 is 0 Å². The fourth-order valence-electron chi connectivity index (χ4n) is 2.63. The van der Waals surface area contributed by atoms with Gasteiger partial charge in [-0.1, -0.05) is 6.07 Å². The van der Waals surface area contributed by atoms with Gasteiger partial charge in [0.05, 0.1) is 11.0 Å². The number of alkyl halides is 3. The van der Waals surface area contributed by atoms with Crippen molar-refractivity contribution in [2.45, 2.75) is 42.5 Å². The summed E-state index contributed by atoms with van der Waals surface area (Å²) in [5.41, 5.74) is 0.0128. The van der Waals surface area contributed by atoms with Crippen LogP contribution < -0.4 is 0 Å². The summed E-state index contributed by atoms with van der Waals surface area (Å²) in [5.74, 6) is 0. The summed E-state index contributed by atoms with van der Waals surface area (Å²) in [7, 11) is -3.71. The van der Waals surface area contributed by atoms with E-state index in [2.05, 4.69) is 0 Å². The van der Waals surface area contributed by atoms with Crippen LogP contribution in [-0.2, 0) is 16.3 Å². The first-order valence-electron chi connectivity index (χ1n) is 6.27. The van der Waals surface area contributed by atoms with Crippen molar-refractivity contribution in [1.82, 2.24) is 0 Å². The van der Waals surface area contributed by atoms with E-state index in [-0.39, 0.29) is 28.0 Å². The topological polar surface area (TPSA) is 74.6 Å². The molecule has 0 spiro atoms. The van der Waals surface area contributed by atoms with Gasteiger partial charge in [-0.25, -0.2) is 21.6 Å². The molecule has 0 saturated heterocycles. The summed E-state index contributed by atoms with van der Waals surface area (Å²) in [5, 5.41) is 19.6. The van der Waals surface area contributed by atoms with Crippen molar-refractivity contribution in [1.29, 1.82) is 0 Å². The maximum Gasteiger partial charge on any atom is 0.241 e. The van der Waals surface area contributed by atoms with Crippen LogP contribution in [0.1, 0.15) is 35.3 Å². The Labute approximate surface area is 120 Å². The van der Waals surface area contributed by atoms with Crippen LogP contribution in [0.15, 0.2) is 17.0 Å². The lowest BCUT2D eigenvalue weighted by Crippen LogP contribution is -2.11. The average Bonchev–Trinajstić information content (AvgIpc) is 2.62. The summed E-state index contributed by atoms with van der Waals surface area (Å²) < 4.78 is 61.8. The fourth-order valence-corrected chi connectivity index (χ4v) is 3.59. The normalized spacial score (nSPS) is 23.4. The van der Waals surface area contributed by atoms with Crippen molar-refractivity contribution in [2.24, 2.45) is 0 Å². The Kier molecular flexibility index (Phi) is 4.32. The van der Waals surface area contributed by atoms with Crippen LogP contribution in [0.2, 0.25) is 0 Å². The van der Waals surface area contributed by atoms with Crippen LogP contribution in [0.25, 0.3) is 0 Å². The Morgan fingerprint density at radius 2 is 2.00 bits per heavy atom. The Bertz CT molecular complexity index is 645. The number of halogens is 3. The van der Waals surface area contributed by atoms with Gasteiger partial charge < -0.3 is 10.2 Å². The third kappa shape index (κ3) is 3.07. The van der Waals surface area contributed by atoms with E-state index in [1.807, 2.05) is 0 Å². The summed E-state index contributed by atoms with van der Waals surface area (Å²) in [6, 6.07) is 2.31. The standard InChI is InChI=1S/C13H15F3O4S/c1-21(19,20)10-3-2-6(9(17)5-11(15)16)7-4-8(14)13(18)12(7)10/h2-3,8-9,11,13,17-18H,4-5H2,1H3/t8-,9+,13-/m1/s1. The van der Waals surface area contributed by atoms with E-state index in [0.29, 0.717) is 0 Å². The number of fused-ring (bicyclic) bond motifs is 1. The molecule has 0 saturated carbocycles. The average molecular weight is 324 g/mol. The molecule has 0 unspecified atom stereocenters. The molecule has 1 aromatic carbocycles. The summed E-state index contributed by atoms with van der Waals surface area (Å²) in [6.07, 6.45) is -7.88. The highest BCUT2D eigenvalue weighted by Crippen LogP contribution is 2.41. The minimum absolute atomic E-state index is 0.0388. The molecule has 2 N–H and O–H groups in total.